The molecule has 0 spiro atoms. The van der Waals surface area contributed by atoms with Crippen molar-refractivity contribution in [2.45, 2.75) is 32.8 Å². The number of nitrogens with one attached hydrogen (secondary N) is 2. The molecule has 8 nitrogen and oxygen atoms in total. The largest absolute Gasteiger partial charge is 0.490 e. The van der Waals surface area contributed by atoms with Crippen LogP contribution in [-0.2, 0) is 18.3 Å². The maximum Gasteiger partial charge on any atom is 0.280 e. The van der Waals surface area contributed by atoms with Crippen LogP contribution < -0.4 is 15.6 Å². The number of benzene rings is 1. The number of carbonyl (C=O) groups excluding carboxylic acids is 1. The van der Waals surface area contributed by atoms with Crippen LogP contribution in [0.3, 0.4) is 0 Å². The number of hydrogen-bond donors (Lipinski definition) is 2. The van der Waals surface area contributed by atoms with Crippen LogP contribution in [0.15, 0.2) is 33.6 Å². The SMILES string of the molecule is CC(C)Oc1cccc2c1c(NC(=O)CCc1cc(=O)[nH]o1)nn2C. The Balaban J connectivity index is 1.80. The van der Waals surface area contributed by atoms with Gasteiger partial charge in [0.2, 0.25) is 5.91 Å². The van der Waals surface area contributed by atoms with Gasteiger partial charge in [0.1, 0.15) is 11.5 Å². The molecule has 2 N–H and O–H groups in total. The molecule has 132 valence electrons. The van der Waals surface area contributed by atoms with Gasteiger partial charge in [-0.25, -0.2) is 0 Å². The van der Waals surface area contributed by atoms with Crippen LogP contribution in [0.4, 0.5) is 5.82 Å². The van der Waals surface area contributed by atoms with E-state index in [1.165, 1.54) is 6.07 Å². The number of H-pyrrole nitrogens is 1. The van der Waals surface area contributed by atoms with Gasteiger partial charge in [0.05, 0.1) is 17.0 Å². The number of aromatic nitrogens is 3. The lowest BCUT2D eigenvalue weighted by atomic mass is 10.2. The first-order valence-electron chi connectivity index (χ1n) is 8.03. The maximum atomic E-state index is 12.2. The van der Waals surface area contributed by atoms with Crippen molar-refractivity contribution < 1.29 is 14.1 Å². The van der Waals surface area contributed by atoms with E-state index in [1.807, 2.05) is 39.1 Å². The second-order valence-electron chi connectivity index (χ2n) is 6.02. The van der Waals surface area contributed by atoms with Gasteiger partial charge >= 0.3 is 0 Å². The lowest BCUT2D eigenvalue weighted by Crippen LogP contribution is -2.13. The van der Waals surface area contributed by atoms with E-state index in [4.69, 9.17) is 9.26 Å². The molecule has 0 atom stereocenters. The van der Waals surface area contributed by atoms with Crippen molar-refractivity contribution in [3.63, 3.8) is 0 Å². The molecule has 1 amide bonds. The molecule has 0 saturated carbocycles. The van der Waals surface area contributed by atoms with E-state index in [-0.39, 0.29) is 24.0 Å². The fraction of sp³-hybridized carbons (Fsp3) is 0.353. The van der Waals surface area contributed by atoms with Crippen molar-refractivity contribution in [1.82, 2.24) is 14.9 Å². The third-order valence-electron chi connectivity index (χ3n) is 3.63. The number of fused-ring (bicyclic) bond motifs is 1. The van der Waals surface area contributed by atoms with Crippen LogP contribution in [-0.4, -0.2) is 26.9 Å². The van der Waals surface area contributed by atoms with Crippen molar-refractivity contribution in [1.29, 1.82) is 0 Å². The minimum absolute atomic E-state index is 0.00541. The highest BCUT2D eigenvalue weighted by Gasteiger charge is 2.17. The summed E-state index contributed by atoms with van der Waals surface area (Å²) in [4.78, 5) is 23.3. The van der Waals surface area contributed by atoms with Crippen LogP contribution in [0.5, 0.6) is 5.75 Å². The third-order valence-corrected chi connectivity index (χ3v) is 3.63. The predicted molar refractivity (Wildman–Crippen MR) is 92.8 cm³/mol. The average Bonchev–Trinajstić information content (AvgIpc) is 3.10. The summed E-state index contributed by atoms with van der Waals surface area (Å²) in [5.41, 5.74) is 0.548. The monoisotopic (exact) mass is 344 g/mol. The van der Waals surface area contributed by atoms with Crippen molar-refractivity contribution in [2.75, 3.05) is 5.32 Å². The van der Waals surface area contributed by atoms with Crippen molar-refractivity contribution in [3.05, 3.63) is 40.4 Å². The van der Waals surface area contributed by atoms with Crippen molar-refractivity contribution >= 4 is 22.6 Å². The summed E-state index contributed by atoms with van der Waals surface area (Å²) in [6.07, 6.45) is 0.502. The molecule has 1 aromatic carbocycles. The Morgan fingerprint density at radius 3 is 2.92 bits per heavy atom. The van der Waals surface area contributed by atoms with E-state index >= 15 is 0 Å². The maximum absolute atomic E-state index is 12.2. The molecule has 0 unspecified atom stereocenters. The summed E-state index contributed by atoms with van der Waals surface area (Å²) >= 11 is 0. The topological polar surface area (TPSA) is 102 Å². The highest BCUT2D eigenvalue weighted by atomic mass is 16.5. The number of amides is 1. The predicted octanol–water partition coefficient (Wildman–Crippen LogP) is 2.21. The standard InChI is InChI=1S/C17H20N4O4/c1-10(2)24-13-6-4-5-12-16(13)17(19-21(12)3)18-14(22)8-7-11-9-15(23)20-25-11/h4-6,9-10H,7-8H2,1-3H3,(H,20,23)(H,18,19,22). The Labute approximate surface area is 143 Å². The van der Waals surface area contributed by atoms with E-state index in [1.54, 1.807) is 4.68 Å². The van der Waals surface area contributed by atoms with Crippen molar-refractivity contribution in [3.8, 4) is 5.75 Å². The first-order chi connectivity index (χ1) is 11.9. The van der Waals surface area contributed by atoms with Crippen molar-refractivity contribution in [2.24, 2.45) is 7.05 Å². The summed E-state index contributed by atoms with van der Waals surface area (Å²) in [5, 5.41) is 10.2. The molecule has 0 aliphatic carbocycles. The number of aryl methyl sites for hydroxylation is 2. The fourth-order valence-corrected chi connectivity index (χ4v) is 2.60. The van der Waals surface area contributed by atoms with E-state index in [9.17, 15) is 9.59 Å². The first kappa shape index (κ1) is 16.8. The molecule has 0 radical (unpaired) electrons. The zero-order valence-corrected chi connectivity index (χ0v) is 14.3. The zero-order valence-electron chi connectivity index (χ0n) is 14.3. The van der Waals surface area contributed by atoms with Crippen LogP contribution in [0.1, 0.15) is 26.0 Å². The summed E-state index contributed by atoms with van der Waals surface area (Å²) in [5.74, 6) is 1.35. The third kappa shape index (κ3) is 3.73. The molecule has 25 heavy (non-hydrogen) atoms. The lowest BCUT2D eigenvalue weighted by Gasteiger charge is -2.11. The zero-order chi connectivity index (χ0) is 18.0. The Hall–Kier alpha value is -3.03. The smallest absolute Gasteiger partial charge is 0.280 e. The second kappa shape index (κ2) is 6.84. The highest BCUT2D eigenvalue weighted by molar-refractivity contribution is 6.02. The van der Waals surface area contributed by atoms with Gasteiger partial charge in [-0.1, -0.05) is 6.07 Å². The van der Waals surface area contributed by atoms with Crippen LogP contribution in [0.2, 0.25) is 0 Å². The molecular formula is C17H20N4O4. The van der Waals surface area contributed by atoms with E-state index in [0.717, 1.165) is 10.9 Å². The molecule has 3 rings (SSSR count). The van der Waals surface area contributed by atoms with Crippen LogP contribution >= 0.6 is 0 Å². The van der Waals surface area contributed by atoms with Gasteiger partial charge in [-0.3, -0.25) is 14.3 Å². The summed E-state index contributed by atoms with van der Waals surface area (Å²) in [6, 6.07) is 6.99. The van der Waals surface area contributed by atoms with Gasteiger partial charge < -0.3 is 14.6 Å². The number of aromatic amines is 1. The number of nitrogens with zero attached hydrogens (tertiary/aromatic N) is 2. The molecule has 8 heteroatoms. The van der Waals surface area contributed by atoms with E-state index in [2.05, 4.69) is 15.6 Å². The number of anilines is 1. The number of hydrogen-bond acceptors (Lipinski definition) is 5. The Morgan fingerprint density at radius 2 is 2.24 bits per heavy atom. The second-order valence-corrected chi connectivity index (χ2v) is 6.02. The van der Waals surface area contributed by atoms with Gasteiger partial charge in [-0.05, 0) is 26.0 Å². The minimum Gasteiger partial charge on any atom is -0.490 e. The molecule has 0 aliphatic heterocycles. The van der Waals surface area contributed by atoms with Gasteiger partial charge in [-0.2, -0.15) is 10.3 Å². The number of ether oxygens (including phenoxy) is 1. The van der Waals surface area contributed by atoms with Gasteiger partial charge in [0, 0.05) is 26.0 Å². The van der Waals surface area contributed by atoms with E-state index in [0.29, 0.717) is 23.7 Å². The molecule has 0 bridgehead atoms. The molecule has 0 saturated heterocycles. The first-order valence-corrected chi connectivity index (χ1v) is 8.03. The lowest BCUT2D eigenvalue weighted by molar-refractivity contribution is -0.116. The fourth-order valence-electron chi connectivity index (χ4n) is 2.60. The van der Waals surface area contributed by atoms with Crippen LogP contribution in [0, 0.1) is 0 Å². The van der Waals surface area contributed by atoms with Gasteiger partial charge in [0.25, 0.3) is 5.56 Å². The minimum atomic E-state index is -0.318. The molecule has 2 aromatic heterocycles. The highest BCUT2D eigenvalue weighted by Crippen LogP contribution is 2.32. The Kier molecular flexibility index (Phi) is 4.60. The number of rotatable bonds is 6. The Bertz CT molecular complexity index is 951. The van der Waals surface area contributed by atoms with Gasteiger partial charge in [0.15, 0.2) is 5.82 Å². The Morgan fingerprint density at radius 1 is 1.44 bits per heavy atom. The number of carbonyl (C=O) groups is 1. The average molecular weight is 344 g/mol. The normalized spacial score (nSPS) is 11.2. The summed E-state index contributed by atoms with van der Waals surface area (Å²) < 4.78 is 12.5. The molecule has 0 aliphatic rings. The summed E-state index contributed by atoms with van der Waals surface area (Å²) in [6.45, 7) is 3.89. The quantitative estimate of drug-likeness (QED) is 0.714. The van der Waals surface area contributed by atoms with E-state index < -0.39 is 0 Å². The van der Waals surface area contributed by atoms with Crippen LogP contribution in [0.25, 0.3) is 10.9 Å². The molecule has 3 aromatic rings. The molecular weight excluding hydrogens is 324 g/mol. The van der Waals surface area contributed by atoms with Gasteiger partial charge in [-0.15, -0.1) is 0 Å². The molecule has 2 heterocycles. The summed E-state index contributed by atoms with van der Waals surface area (Å²) in [7, 11) is 1.81. The molecule has 0 fully saturated rings.